The fourth-order valence-electron chi connectivity index (χ4n) is 2.58. The van der Waals surface area contributed by atoms with Gasteiger partial charge in [-0.1, -0.05) is 6.07 Å². The Labute approximate surface area is 134 Å². The number of tetrazole rings is 1. The van der Waals surface area contributed by atoms with Crippen LogP contribution < -0.4 is 10.6 Å². The normalized spacial score (nSPS) is 17.1. The predicted octanol–water partition coefficient (Wildman–Crippen LogP) is 1.60. The van der Waals surface area contributed by atoms with Crippen molar-refractivity contribution < 1.29 is 9.53 Å². The van der Waals surface area contributed by atoms with Crippen LogP contribution in [-0.2, 0) is 4.74 Å². The predicted molar refractivity (Wildman–Crippen MR) is 84.3 cm³/mol. The highest BCUT2D eigenvalue weighted by molar-refractivity contribution is 5.89. The van der Waals surface area contributed by atoms with Crippen LogP contribution in [0.1, 0.15) is 19.3 Å². The van der Waals surface area contributed by atoms with Gasteiger partial charge < -0.3 is 15.4 Å². The molecular formula is C15H20N6O2. The molecule has 1 aromatic heterocycles. The van der Waals surface area contributed by atoms with Crippen molar-refractivity contribution in [1.82, 2.24) is 25.5 Å². The number of anilines is 1. The zero-order valence-corrected chi connectivity index (χ0v) is 12.8. The maximum Gasteiger partial charge on any atom is 0.319 e. The average Bonchev–Trinajstić information content (AvgIpc) is 3.25. The second-order valence-electron chi connectivity index (χ2n) is 5.56. The van der Waals surface area contributed by atoms with Crippen molar-refractivity contribution >= 4 is 11.7 Å². The van der Waals surface area contributed by atoms with E-state index in [1.165, 1.54) is 11.0 Å². The fourth-order valence-corrected chi connectivity index (χ4v) is 2.58. The average molecular weight is 316 g/mol. The van der Waals surface area contributed by atoms with Gasteiger partial charge in [-0.15, -0.1) is 5.10 Å². The Morgan fingerprint density at radius 2 is 2.39 bits per heavy atom. The molecular weight excluding hydrogens is 296 g/mol. The van der Waals surface area contributed by atoms with Crippen LogP contribution in [0.3, 0.4) is 0 Å². The Balaban J connectivity index is 1.43. The zero-order chi connectivity index (χ0) is 15.9. The van der Waals surface area contributed by atoms with Gasteiger partial charge in [0.05, 0.1) is 5.69 Å². The summed E-state index contributed by atoms with van der Waals surface area (Å²) in [6, 6.07) is 7.13. The number of hydrogen-bond donors (Lipinski definition) is 2. The Morgan fingerprint density at radius 1 is 1.43 bits per heavy atom. The van der Waals surface area contributed by atoms with Crippen LogP contribution in [0.2, 0.25) is 0 Å². The summed E-state index contributed by atoms with van der Waals surface area (Å²) < 4.78 is 6.87. The first-order valence-electron chi connectivity index (χ1n) is 7.77. The van der Waals surface area contributed by atoms with Gasteiger partial charge in [0.1, 0.15) is 6.33 Å². The molecule has 3 rings (SSSR count). The number of hydrogen-bond acceptors (Lipinski definition) is 5. The van der Waals surface area contributed by atoms with E-state index in [-0.39, 0.29) is 6.03 Å². The molecule has 1 aromatic carbocycles. The number of carbonyl (C=O) groups excluding carboxylic acids is 1. The van der Waals surface area contributed by atoms with E-state index in [1.54, 1.807) is 0 Å². The lowest BCUT2D eigenvalue weighted by Crippen LogP contribution is -2.29. The second kappa shape index (κ2) is 7.68. The van der Waals surface area contributed by atoms with Gasteiger partial charge in [0.2, 0.25) is 0 Å². The first kappa shape index (κ1) is 15.4. The maximum absolute atomic E-state index is 11.9. The smallest absolute Gasteiger partial charge is 0.319 e. The highest BCUT2D eigenvalue weighted by atomic mass is 16.5. The lowest BCUT2D eigenvalue weighted by atomic mass is 10.0. The van der Waals surface area contributed by atoms with Crippen molar-refractivity contribution in [3.63, 3.8) is 0 Å². The van der Waals surface area contributed by atoms with Gasteiger partial charge >= 0.3 is 6.03 Å². The van der Waals surface area contributed by atoms with Crippen LogP contribution in [0.5, 0.6) is 0 Å². The monoisotopic (exact) mass is 316 g/mol. The zero-order valence-electron chi connectivity index (χ0n) is 12.8. The van der Waals surface area contributed by atoms with Gasteiger partial charge in [-0.25, -0.2) is 9.48 Å². The Hall–Kier alpha value is -2.48. The van der Waals surface area contributed by atoms with Crippen molar-refractivity contribution in [1.29, 1.82) is 0 Å². The van der Waals surface area contributed by atoms with Gasteiger partial charge in [-0.05, 0) is 53.8 Å². The van der Waals surface area contributed by atoms with Crippen LogP contribution in [0.4, 0.5) is 10.5 Å². The minimum absolute atomic E-state index is 0.207. The summed E-state index contributed by atoms with van der Waals surface area (Å²) in [4.78, 5) is 11.9. The summed E-state index contributed by atoms with van der Waals surface area (Å²) in [5.41, 5.74) is 1.48. The van der Waals surface area contributed by atoms with E-state index < -0.39 is 0 Å². The number of benzene rings is 1. The third-order valence-corrected chi connectivity index (χ3v) is 3.82. The number of nitrogens with zero attached hydrogens (tertiary/aromatic N) is 4. The third kappa shape index (κ3) is 4.49. The first-order valence-corrected chi connectivity index (χ1v) is 7.77. The van der Waals surface area contributed by atoms with Gasteiger partial charge in [-0.3, -0.25) is 0 Å². The molecule has 122 valence electrons. The number of aromatic nitrogens is 4. The summed E-state index contributed by atoms with van der Waals surface area (Å²) in [6.07, 6.45) is 4.70. The van der Waals surface area contributed by atoms with Crippen LogP contribution >= 0.6 is 0 Å². The first-order chi connectivity index (χ1) is 11.3. The van der Waals surface area contributed by atoms with Gasteiger partial charge in [-0.2, -0.15) is 0 Å². The van der Waals surface area contributed by atoms with E-state index in [2.05, 4.69) is 26.2 Å². The van der Waals surface area contributed by atoms with E-state index in [1.807, 2.05) is 24.3 Å². The van der Waals surface area contributed by atoms with Crippen molar-refractivity contribution in [2.45, 2.75) is 19.3 Å². The van der Waals surface area contributed by atoms with E-state index in [9.17, 15) is 4.79 Å². The van der Waals surface area contributed by atoms with Crippen molar-refractivity contribution in [3.05, 3.63) is 30.6 Å². The molecule has 1 aliphatic rings. The quantitative estimate of drug-likeness (QED) is 0.790. The number of amides is 2. The molecule has 0 unspecified atom stereocenters. The van der Waals surface area contributed by atoms with Gasteiger partial charge in [0, 0.05) is 25.4 Å². The lowest BCUT2D eigenvalue weighted by Gasteiger charge is -2.10. The molecule has 23 heavy (non-hydrogen) atoms. The fraction of sp³-hybridized carbons (Fsp3) is 0.467. The van der Waals surface area contributed by atoms with Crippen LogP contribution in [0, 0.1) is 5.92 Å². The molecule has 0 radical (unpaired) electrons. The molecule has 2 heterocycles. The molecule has 0 spiro atoms. The molecule has 0 aliphatic carbocycles. The highest BCUT2D eigenvalue weighted by Gasteiger charge is 2.14. The second-order valence-corrected chi connectivity index (χ2v) is 5.56. The molecule has 1 aliphatic heterocycles. The standard InChI is InChI=1S/C15H20N6O2/c22-15(16-7-2-3-12-6-8-23-10-12)18-13-4-1-5-14(9-13)21-11-17-19-20-21/h1,4-5,9,11-12H,2-3,6-8,10H2,(H2,16,18,22)/t12-/m0/s1. The number of carbonyl (C=O) groups is 1. The summed E-state index contributed by atoms with van der Waals surface area (Å²) in [6.45, 7) is 2.39. The Bertz CT molecular complexity index is 625. The Kier molecular flexibility index (Phi) is 5.15. The molecule has 1 saturated heterocycles. The molecule has 1 atom stereocenters. The summed E-state index contributed by atoms with van der Waals surface area (Å²) >= 11 is 0. The summed E-state index contributed by atoms with van der Waals surface area (Å²) in [7, 11) is 0. The Morgan fingerprint density at radius 3 is 3.17 bits per heavy atom. The van der Waals surface area contributed by atoms with Crippen LogP contribution in [0.15, 0.2) is 30.6 Å². The molecule has 8 nitrogen and oxygen atoms in total. The number of nitrogens with one attached hydrogen (secondary N) is 2. The maximum atomic E-state index is 11.9. The summed E-state index contributed by atoms with van der Waals surface area (Å²) in [5, 5.41) is 16.7. The molecule has 0 saturated carbocycles. The van der Waals surface area contributed by atoms with Crippen molar-refractivity contribution in [2.24, 2.45) is 5.92 Å². The SMILES string of the molecule is O=C(NCCC[C@H]1CCOC1)Nc1cccc(-n2cnnn2)c1. The van der Waals surface area contributed by atoms with Crippen LogP contribution in [0.25, 0.3) is 5.69 Å². The minimum Gasteiger partial charge on any atom is -0.381 e. The largest absolute Gasteiger partial charge is 0.381 e. The number of ether oxygens (including phenoxy) is 1. The minimum atomic E-state index is -0.207. The van der Waals surface area contributed by atoms with Crippen LogP contribution in [-0.4, -0.2) is 46.0 Å². The van der Waals surface area contributed by atoms with E-state index in [4.69, 9.17) is 4.74 Å². The number of rotatable bonds is 6. The summed E-state index contributed by atoms with van der Waals surface area (Å²) in [5.74, 6) is 0.646. The van der Waals surface area contributed by atoms with E-state index >= 15 is 0 Å². The molecule has 1 fully saturated rings. The molecule has 8 heteroatoms. The van der Waals surface area contributed by atoms with E-state index in [0.717, 1.165) is 38.2 Å². The van der Waals surface area contributed by atoms with Crippen molar-refractivity contribution in [3.8, 4) is 5.69 Å². The molecule has 0 bridgehead atoms. The third-order valence-electron chi connectivity index (χ3n) is 3.82. The molecule has 2 amide bonds. The molecule has 2 aromatic rings. The molecule has 2 N–H and O–H groups in total. The van der Waals surface area contributed by atoms with Gasteiger partial charge in [0.25, 0.3) is 0 Å². The topological polar surface area (TPSA) is 94.0 Å². The van der Waals surface area contributed by atoms with Gasteiger partial charge in [0.15, 0.2) is 0 Å². The number of urea groups is 1. The van der Waals surface area contributed by atoms with Crippen molar-refractivity contribution in [2.75, 3.05) is 25.1 Å². The highest BCUT2D eigenvalue weighted by Crippen LogP contribution is 2.17. The lowest BCUT2D eigenvalue weighted by molar-refractivity contribution is 0.184. The van der Waals surface area contributed by atoms with E-state index in [0.29, 0.717) is 18.2 Å².